The molecule has 0 aliphatic carbocycles. The van der Waals surface area contributed by atoms with Crippen molar-refractivity contribution in [1.82, 2.24) is 0 Å². The zero-order chi connectivity index (χ0) is 10.7. The van der Waals surface area contributed by atoms with E-state index in [-0.39, 0.29) is 5.82 Å². The minimum Gasteiger partial charge on any atom is -0.370 e. The molecule has 0 atom stereocenters. The third-order valence-electron chi connectivity index (χ3n) is 2.45. The van der Waals surface area contributed by atoms with Crippen LogP contribution in [0.2, 0.25) is 0 Å². The van der Waals surface area contributed by atoms with E-state index in [2.05, 4.69) is 0 Å². The van der Waals surface area contributed by atoms with Crippen LogP contribution in [0.1, 0.15) is 30.0 Å². The number of aryl methyl sites for hydroxylation is 2. The normalized spacial score (nSPS) is 11.0. The second-order valence-electron chi connectivity index (χ2n) is 3.40. The zero-order valence-electron chi connectivity index (χ0n) is 9.15. The van der Waals surface area contributed by atoms with Crippen molar-refractivity contribution >= 4 is 0 Å². The van der Waals surface area contributed by atoms with Crippen LogP contribution >= 0.6 is 0 Å². The first kappa shape index (κ1) is 11.2. The number of halogens is 1. The maximum absolute atomic E-state index is 13.6. The van der Waals surface area contributed by atoms with E-state index in [1.54, 1.807) is 13.2 Å². The summed E-state index contributed by atoms with van der Waals surface area (Å²) in [5, 5.41) is 0. The first-order chi connectivity index (χ1) is 6.60. The van der Waals surface area contributed by atoms with Crippen LogP contribution in [0.5, 0.6) is 0 Å². The SMILES string of the molecule is CC[C](OC)c1cc(C)c(C)cc1F. The molecule has 0 aliphatic heterocycles. The van der Waals surface area contributed by atoms with Crippen LogP contribution in [0, 0.1) is 25.8 Å². The second-order valence-corrected chi connectivity index (χ2v) is 3.40. The number of hydrogen-bond acceptors (Lipinski definition) is 1. The van der Waals surface area contributed by atoms with Gasteiger partial charge in [-0.3, -0.25) is 0 Å². The predicted molar refractivity (Wildman–Crippen MR) is 55.5 cm³/mol. The number of methoxy groups -OCH3 is 1. The van der Waals surface area contributed by atoms with Gasteiger partial charge in [0.1, 0.15) is 11.9 Å². The molecule has 1 radical (unpaired) electrons. The van der Waals surface area contributed by atoms with Gasteiger partial charge >= 0.3 is 0 Å². The van der Waals surface area contributed by atoms with Crippen molar-refractivity contribution in [2.45, 2.75) is 27.2 Å². The molecule has 0 N–H and O–H groups in total. The Morgan fingerprint density at radius 1 is 1.29 bits per heavy atom. The fraction of sp³-hybridized carbons (Fsp3) is 0.417. The van der Waals surface area contributed by atoms with Gasteiger partial charge < -0.3 is 4.74 Å². The van der Waals surface area contributed by atoms with Crippen molar-refractivity contribution in [2.24, 2.45) is 0 Å². The third-order valence-corrected chi connectivity index (χ3v) is 2.45. The first-order valence-corrected chi connectivity index (χ1v) is 4.77. The maximum Gasteiger partial charge on any atom is 0.129 e. The summed E-state index contributed by atoms with van der Waals surface area (Å²) in [5.41, 5.74) is 2.64. The molecule has 0 saturated carbocycles. The molecular weight excluding hydrogens is 179 g/mol. The summed E-state index contributed by atoms with van der Waals surface area (Å²) >= 11 is 0. The van der Waals surface area contributed by atoms with E-state index in [0.717, 1.165) is 11.1 Å². The Balaban J connectivity index is 3.14. The van der Waals surface area contributed by atoms with Crippen LogP contribution in [0.15, 0.2) is 12.1 Å². The lowest BCUT2D eigenvalue weighted by Crippen LogP contribution is -2.05. The zero-order valence-corrected chi connectivity index (χ0v) is 9.15. The van der Waals surface area contributed by atoms with Gasteiger partial charge in [0.25, 0.3) is 0 Å². The molecule has 0 saturated heterocycles. The summed E-state index contributed by atoms with van der Waals surface area (Å²) in [4.78, 5) is 0. The summed E-state index contributed by atoms with van der Waals surface area (Å²) in [5.74, 6) is -0.202. The molecule has 1 aromatic rings. The fourth-order valence-corrected chi connectivity index (χ4v) is 1.44. The molecule has 0 fully saturated rings. The van der Waals surface area contributed by atoms with Crippen molar-refractivity contribution in [2.75, 3.05) is 7.11 Å². The van der Waals surface area contributed by atoms with E-state index < -0.39 is 0 Å². The van der Waals surface area contributed by atoms with Crippen molar-refractivity contribution in [3.63, 3.8) is 0 Å². The van der Waals surface area contributed by atoms with Crippen LogP contribution in [-0.2, 0) is 4.74 Å². The Hall–Kier alpha value is -0.890. The van der Waals surface area contributed by atoms with Gasteiger partial charge in [0.2, 0.25) is 0 Å². The highest BCUT2D eigenvalue weighted by atomic mass is 19.1. The molecule has 2 heteroatoms. The average molecular weight is 195 g/mol. The van der Waals surface area contributed by atoms with Gasteiger partial charge in [-0.1, -0.05) is 6.92 Å². The quantitative estimate of drug-likeness (QED) is 0.718. The number of ether oxygens (including phenoxy) is 1. The monoisotopic (exact) mass is 195 g/mol. The molecule has 0 aliphatic rings. The van der Waals surface area contributed by atoms with Gasteiger partial charge in [-0.15, -0.1) is 0 Å². The van der Waals surface area contributed by atoms with Gasteiger partial charge in [-0.05, 0) is 43.5 Å². The molecule has 1 aromatic carbocycles. The van der Waals surface area contributed by atoms with Crippen molar-refractivity contribution in [3.8, 4) is 0 Å². The Morgan fingerprint density at radius 3 is 2.36 bits per heavy atom. The van der Waals surface area contributed by atoms with Gasteiger partial charge in [-0.25, -0.2) is 4.39 Å². The summed E-state index contributed by atoms with van der Waals surface area (Å²) in [6, 6.07) is 3.40. The van der Waals surface area contributed by atoms with Crippen molar-refractivity contribution in [1.29, 1.82) is 0 Å². The fourth-order valence-electron chi connectivity index (χ4n) is 1.44. The highest BCUT2D eigenvalue weighted by molar-refractivity contribution is 5.37. The molecular formula is C12H16FO. The minimum absolute atomic E-state index is 0.202. The van der Waals surface area contributed by atoms with Gasteiger partial charge in [-0.2, -0.15) is 0 Å². The lowest BCUT2D eigenvalue weighted by atomic mass is 10.0. The van der Waals surface area contributed by atoms with E-state index in [4.69, 9.17) is 4.74 Å². The molecule has 1 nitrogen and oxygen atoms in total. The maximum atomic E-state index is 13.6. The topological polar surface area (TPSA) is 9.23 Å². The predicted octanol–water partition coefficient (Wildman–Crippen LogP) is 3.38. The summed E-state index contributed by atoms with van der Waals surface area (Å²) in [6.07, 6.45) is 1.40. The van der Waals surface area contributed by atoms with Gasteiger partial charge in [0, 0.05) is 12.7 Å². The van der Waals surface area contributed by atoms with E-state index in [1.165, 1.54) is 0 Å². The van der Waals surface area contributed by atoms with Crippen LogP contribution in [0.25, 0.3) is 0 Å². The number of hydrogen-bond donors (Lipinski definition) is 0. The third kappa shape index (κ3) is 2.13. The Labute approximate surface area is 84.9 Å². The summed E-state index contributed by atoms with van der Waals surface area (Å²) < 4.78 is 18.7. The van der Waals surface area contributed by atoms with E-state index in [9.17, 15) is 4.39 Å². The second kappa shape index (κ2) is 4.56. The molecule has 77 valence electrons. The highest BCUT2D eigenvalue weighted by Crippen LogP contribution is 2.24. The van der Waals surface area contributed by atoms with Crippen LogP contribution in [-0.4, -0.2) is 7.11 Å². The minimum atomic E-state index is -0.202. The van der Waals surface area contributed by atoms with Crippen molar-refractivity contribution in [3.05, 3.63) is 40.7 Å². The summed E-state index contributed by atoms with van der Waals surface area (Å²) in [6.45, 7) is 5.83. The first-order valence-electron chi connectivity index (χ1n) is 4.77. The Bertz CT molecular complexity index is 316. The number of benzene rings is 1. The molecule has 0 unspecified atom stereocenters. The molecule has 14 heavy (non-hydrogen) atoms. The molecule has 0 bridgehead atoms. The van der Waals surface area contributed by atoms with E-state index in [0.29, 0.717) is 18.1 Å². The van der Waals surface area contributed by atoms with Gasteiger partial charge in [0.15, 0.2) is 0 Å². The Morgan fingerprint density at radius 2 is 1.86 bits per heavy atom. The lowest BCUT2D eigenvalue weighted by Gasteiger charge is -2.14. The smallest absolute Gasteiger partial charge is 0.129 e. The molecule has 1 rings (SSSR count). The van der Waals surface area contributed by atoms with Crippen molar-refractivity contribution < 1.29 is 9.13 Å². The van der Waals surface area contributed by atoms with Crippen LogP contribution in [0.4, 0.5) is 4.39 Å². The molecule has 0 aromatic heterocycles. The lowest BCUT2D eigenvalue weighted by molar-refractivity contribution is 0.217. The molecule has 0 amide bonds. The van der Waals surface area contributed by atoms with E-state index in [1.807, 2.05) is 26.8 Å². The Kier molecular flexibility index (Phi) is 3.64. The summed E-state index contributed by atoms with van der Waals surface area (Å²) in [7, 11) is 1.58. The standard InChI is InChI=1S/C12H16FO/c1-5-12(14-4)10-6-8(2)9(3)7-11(10)13/h6-7H,5H2,1-4H3. The van der Waals surface area contributed by atoms with E-state index >= 15 is 0 Å². The highest BCUT2D eigenvalue weighted by Gasteiger charge is 2.15. The largest absolute Gasteiger partial charge is 0.370 e. The van der Waals surface area contributed by atoms with Gasteiger partial charge in [0.05, 0.1) is 0 Å². The molecule has 0 heterocycles. The van der Waals surface area contributed by atoms with Crippen LogP contribution < -0.4 is 0 Å². The average Bonchev–Trinajstić information content (AvgIpc) is 2.15. The number of rotatable bonds is 3. The molecule has 0 spiro atoms. The van der Waals surface area contributed by atoms with Crippen LogP contribution in [0.3, 0.4) is 0 Å².